The molecule has 1 atom stereocenters. The summed E-state index contributed by atoms with van der Waals surface area (Å²) in [6.45, 7) is -0.259. The Morgan fingerprint density at radius 2 is 1.53 bits per heavy atom. The van der Waals surface area contributed by atoms with Crippen LogP contribution in [0, 0.1) is 5.92 Å². The van der Waals surface area contributed by atoms with Crippen molar-refractivity contribution in [2.75, 3.05) is 22.5 Å². The topological polar surface area (TPSA) is 70.2 Å². The second-order valence-corrected chi connectivity index (χ2v) is 7.01. The first kappa shape index (κ1) is 21.4. The third-order valence-corrected chi connectivity index (χ3v) is 4.71. The van der Waals surface area contributed by atoms with Gasteiger partial charge in [0.2, 0.25) is 11.8 Å². The molecule has 0 aliphatic heterocycles. The first-order valence-corrected chi connectivity index (χ1v) is 9.58. The molecular formula is C22H22F3N3O2. The number of anilines is 3. The van der Waals surface area contributed by atoms with Crippen LogP contribution in [-0.2, 0) is 15.8 Å². The number of hydrogen-bond acceptors (Lipinski definition) is 3. The molecule has 0 radical (unpaired) electrons. The van der Waals surface area contributed by atoms with E-state index >= 15 is 0 Å². The Balaban J connectivity index is 1.59. The van der Waals surface area contributed by atoms with Gasteiger partial charge < -0.3 is 16.0 Å². The molecule has 0 aromatic heterocycles. The van der Waals surface area contributed by atoms with Crippen LogP contribution in [0.3, 0.4) is 0 Å². The second kappa shape index (κ2) is 9.47. The highest BCUT2D eigenvalue weighted by Crippen LogP contribution is 2.34. The van der Waals surface area contributed by atoms with E-state index in [4.69, 9.17) is 0 Å². The van der Waals surface area contributed by atoms with Gasteiger partial charge in [0.25, 0.3) is 0 Å². The molecule has 0 saturated heterocycles. The number of carbonyl (C=O) groups is 2. The van der Waals surface area contributed by atoms with E-state index in [-0.39, 0.29) is 24.1 Å². The number of allylic oxidation sites excluding steroid dienone is 2. The van der Waals surface area contributed by atoms with Gasteiger partial charge in [0.15, 0.2) is 0 Å². The van der Waals surface area contributed by atoms with Gasteiger partial charge in [-0.15, -0.1) is 0 Å². The minimum Gasteiger partial charge on any atom is -0.374 e. The van der Waals surface area contributed by atoms with Gasteiger partial charge >= 0.3 is 6.18 Å². The van der Waals surface area contributed by atoms with Crippen LogP contribution in [0.5, 0.6) is 0 Å². The van der Waals surface area contributed by atoms with E-state index in [2.05, 4.69) is 22.0 Å². The molecule has 1 aliphatic carbocycles. The van der Waals surface area contributed by atoms with Crippen LogP contribution < -0.4 is 16.0 Å². The van der Waals surface area contributed by atoms with Crippen molar-refractivity contribution < 1.29 is 22.8 Å². The standard InChI is InChI=1S/C22H22F3N3O2/c23-22(24,25)16-9-3-4-10-17(16)27-21(30)14-26-18-11-5-6-12-19(18)28-20(29)13-15-7-1-2-8-15/h1,3-7,9-12,15,26H,2,8,13-14H2,(H,27,30)(H,28,29). The van der Waals surface area contributed by atoms with Gasteiger partial charge in [0.05, 0.1) is 29.2 Å². The van der Waals surface area contributed by atoms with Crippen LogP contribution >= 0.6 is 0 Å². The quantitative estimate of drug-likeness (QED) is 0.552. The molecule has 1 unspecified atom stereocenters. The fourth-order valence-corrected chi connectivity index (χ4v) is 3.26. The van der Waals surface area contributed by atoms with Crippen LogP contribution in [0.2, 0.25) is 0 Å². The van der Waals surface area contributed by atoms with Crippen LogP contribution in [0.25, 0.3) is 0 Å². The summed E-state index contributed by atoms with van der Waals surface area (Å²) in [6, 6.07) is 11.6. The van der Waals surface area contributed by atoms with Crippen LogP contribution in [0.1, 0.15) is 24.8 Å². The van der Waals surface area contributed by atoms with Gasteiger partial charge in [-0.25, -0.2) is 0 Å². The normalized spacial score (nSPS) is 15.6. The van der Waals surface area contributed by atoms with Gasteiger partial charge in [0.1, 0.15) is 0 Å². The Morgan fingerprint density at radius 1 is 0.900 bits per heavy atom. The number of amides is 2. The Morgan fingerprint density at radius 3 is 2.20 bits per heavy atom. The summed E-state index contributed by atoms with van der Waals surface area (Å²) >= 11 is 0. The molecule has 2 aromatic rings. The van der Waals surface area contributed by atoms with Crippen molar-refractivity contribution >= 4 is 28.9 Å². The van der Waals surface area contributed by atoms with Crippen molar-refractivity contribution in [2.45, 2.75) is 25.4 Å². The summed E-state index contributed by atoms with van der Waals surface area (Å²) in [7, 11) is 0. The number of benzene rings is 2. The summed E-state index contributed by atoms with van der Waals surface area (Å²) in [5, 5.41) is 7.97. The summed E-state index contributed by atoms with van der Waals surface area (Å²) in [6.07, 6.45) is 1.83. The van der Waals surface area contributed by atoms with Crippen molar-refractivity contribution in [2.24, 2.45) is 5.92 Å². The number of hydrogen-bond donors (Lipinski definition) is 3. The van der Waals surface area contributed by atoms with E-state index in [0.29, 0.717) is 17.8 Å². The number of para-hydroxylation sites is 3. The first-order valence-electron chi connectivity index (χ1n) is 9.58. The highest BCUT2D eigenvalue weighted by atomic mass is 19.4. The number of rotatable bonds is 7. The lowest BCUT2D eigenvalue weighted by atomic mass is 10.0. The fraction of sp³-hybridized carbons (Fsp3) is 0.273. The zero-order valence-corrected chi connectivity index (χ0v) is 16.1. The van der Waals surface area contributed by atoms with Gasteiger partial charge in [-0.1, -0.05) is 36.4 Å². The van der Waals surface area contributed by atoms with E-state index in [1.165, 1.54) is 18.2 Å². The third-order valence-electron chi connectivity index (χ3n) is 4.71. The maximum atomic E-state index is 13.1. The average molecular weight is 417 g/mol. The molecule has 0 saturated carbocycles. The highest BCUT2D eigenvalue weighted by Gasteiger charge is 2.33. The van der Waals surface area contributed by atoms with Crippen molar-refractivity contribution in [1.29, 1.82) is 0 Å². The van der Waals surface area contributed by atoms with Crippen molar-refractivity contribution in [3.63, 3.8) is 0 Å². The SMILES string of the molecule is O=C(CC1C=CCC1)Nc1ccccc1NCC(=O)Nc1ccccc1C(F)(F)F. The van der Waals surface area contributed by atoms with E-state index in [1.54, 1.807) is 24.3 Å². The highest BCUT2D eigenvalue weighted by molar-refractivity contribution is 5.97. The predicted octanol–water partition coefficient (Wildman–Crippen LogP) is 5.05. The van der Waals surface area contributed by atoms with E-state index in [9.17, 15) is 22.8 Å². The smallest absolute Gasteiger partial charge is 0.374 e. The average Bonchev–Trinajstić information content (AvgIpc) is 3.20. The fourth-order valence-electron chi connectivity index (χ4n) is 3.26. The third kappa shape index (κ3) is 5.85. The number of nitrogens with one attached hydrogen (secondary N) is 3. The molecular weight excluding hydrogens is 395 g/mol. The van der Waals surface area contributed by atoms with E-state index in [0.717, 1.165) is 18.9 Å². The van der Waals surface area contributed by atoms with Gasteiger partial charge in [-0.05, 0) is 43.0 Å². The van der Waals surface area contributed by atoms with Crippen LogP contribution in [-0.4, -0.2) is 18.4 Å². The molecule has 8 heteroatoms. The lowest BCUT2D eigenvalue weighted by molar-refractivity contribution is -0.137. The molecule has 2 aromatic carbocycles. The molecule has 1 aliphatic rings. The summed E-state index contributed by atoms with van der Waals surface area (Å²) in [4.78, 5) is 24.5. The van der Waals surface area contributed by atoms with Crippen LogP contribution in [0.15, 0.2) is 60.7 Å². The number of halogens is 3. The predicted molar refractivity (Wildman–Crippen MR) is 110 cm³/mol. The van der Waals surface area contributed by atoms with Gasteiger partial charge in [-0.3, -0.25) is 9.59 Å². The Hall–Kier alpha value is -3.29. The minimum absolute atomic E-state index is 0.135. The molecule has 3 N–H and O–H groups in total. The molecule has 0 fully saturated rings. The second-order valence-electron chi connectivity index (χ2n) is 7.01. The Kier molecular flexibility index (Phi) is 6.76. The molecule has 158 valence electrons. The lowest BCUT2D eigenvalue weighted by Gasteiger charge is -2.16. The van der Waals surface area contributed by atoms with Crippen molar-refractivity contribution in [3.8, 4) is 0 Å². The van der Waals surface area contributed by atoms with Gasteiger partial charge in [0, 0.05) is 6.42 Å². The lowest BCUT2D eigenvalue weighted by Crippen LogP contribution is -2.24. The maximum absolute atomic E-state index is 13.1. The van der Waals surface area contributed by atoms with Crippen LogP contribution in [0.4, 0.5) is 30.2 Å². The molecule has 3 rings (SSSR count). The van der Waals surface area contributed by atoms with E-state index < -0.39 is 17.6 Å². The van der Waals surface area contributed by atoms with Crippen molar-refractivity contribution in [3.05, 3.63) is 66.2 Å². The molecule has 0 heterocycles. The molecule has 0 bridgehead atoms. The monoisotopic (exact) mass is 417 g/mol. The molecule has 30 heavy (non-hydrogen) atoms. The maximum Gasteiger partial charge on any atom is 0.418 e. The summed E-state index contributed by atoms with van der Waals surface area (Å²) in [5.74, 6) is -0.544. The van der Waals surface area contributed by atoms with E-state index in [1.807, 2.05) is 6.08 Å². The molecule has 2 amide bonds. The van der Waals surface area contributed by atoms with Crippen molar-refractivity contribution in [1.82, 2.24) is 0 Å². The molecule has 0 spiro atoms. The number of alkyl halides is 3. The Labute approximate surface area is 172 Å². The molecule has 5 nitrogen and oxygen atoms in total. The van der Waals surface area contributed by atoms with Gasteiger partial charge in [-0.2, -0.15) is 13.2 Å². The summed E-state index contributed by atoms with van der Waals surface area (Å²) in [5.41, 5.74) is -0.199. The summed E-state index contributed by atoms with van der Waals surface area (Å²) < 4.78 is 39.2. The largest absolute Gasteiger partial charge is 0.418 e. The number of carbonyl (C=O) groups excluding carboxylic acids is 2. The zero-order valence-electron chi connectivity index (χ0n) is 16.1. The Bertz CT molecular complexity index is 941. The first-order chi connectivity index (χ1) is 14.3. The zero-order chi connectivity index (χ0) is 21.6. The minimum atomic E-state index is -4.57.